The van der Waals surface area contributed by atoms with Crippen molar-refractivity contribution in [1.82, 2.24) is 14.6 Å². The molecule has 0 N–H and O–H groups in total. The summed E-state index contributed by atoms with van der Waals surface area (Å²) in [4.78, 5) is 16.2. The summed E-state index contributed by atoms with van der Waals surface area (Å²) in [5.41, 5.74) is 0.787. The Morgan fingerprint density at radius 2 is 2.15 bits per heavy atom. The summed E-state index contributed by atoms with van der Waals surface area (Å²) in [6, 6.07) is 8.38. The molecule has 4 aromatic rings. The van der Waals surface area contributed by atoms with Crippen LogP contribution in [0.25, 0.3) is 28.2 Å². The highest BCUT2D eigenvalue weighted by atomic mass is 35.5. The molecule has 3 aromatic heterocycles. The van der Waals surface area contributed by atoms with Gasteiger partial charge in [-0.15, -0.1) is 9.61 Å². The summed E-state index contributed by atoms with van der Waals surface area (Å²) >= 11 is 5.97. The summed E-state index contributed by atoms with van der Waals surface area (Å²) in [6.45, 7) is 0. The molecule has 0 aliphatic rings. The molecule has 0 saturated heterocycles. The first-order valence-corrected chi connectivity index (χ1v) is 6.13. The van der Waals surface area contributed by atoms with Crippen molar-refractivity contribution in [3.8, 4) is 11.6 Å². The van der Waals surface area contributed by atoms with Gasteiger partial charge in [-0.2, -0.15) is 0 Å². The third-order valence-electron chi connectivity index (χ3n) is 2.90. The molecule has 3 heterocycles. The lowest BCUT2D eigenvalue weighted by molar-refractivity contribution is 0.506. The number of hydrogen-bond acceptors (Lipinski definition) is 5. The standard InChI is InChI=1S/C13H6ClN3O3/c14-7-3-4-9-8(6-7)12-15-11(10-2-1-5-19-10)16-17(12)13(18)20-9/h1-6H. The molecular formula is C13H6ClN3O3. The molecule has 0 spiro atoms. The highest BCUT2D eigenvalue weighted by Gasteiger charge is 2.15. The third-order valence-corrected chi connectivity index (χ3v) is 3.14. The smallest absolute Gasteiger partial charge is 0.442 e. The van der Waals surface area contributed by atoms with Gasteiger partial charge in [0.05, 0.1) is 11.6 Å². The van der Waals surface area contributed by atoms with Gasteiger partial charge in [0.15, 0.2) is 11.4 Å². The predicted octanol–water partition coefficient (Wildman–Crippen LogP) is 2.75. The fourth-order valence-corrected chi connectivity index (χ4v) is 2.20. The second-order valence-electron chi connectivity index (χ2n) is 4.16. The van der Waals surface area contributed by atoms with Crippen LogP contribution in [0.3, 0.4) is 0 Å². The topological polar surface area (TPSA) is 73.5 Å². The van der Waals surface area contributed by atoms with Crippen LogP contribution in [0, 0.1) is 0 Å². The summed E-state index contributed by atoms with van der Waals surface area (Å²) in [7, 11) is 0. The van der Waals surface area contributed by atoms with E-state index in [0.29, 0.717) is 33.2 Å². The van der Waals surface area contributed by atoms with Gasteiger partial charge in [-0.1, -0.05) is 11.6 Å². The van der Waals surface area contributed by atoms with E-state index in [1.807, 2.05) is 0 Å². The van der Waals surface area contributed by atoms with Crippen molar-refractivity contribution in [3.05, 3.63) is 52.2 Å². The second kappa shape index (κ2) is 3.94. The monoisotopic (exact) mass is 287 g/mol. The lowest BCUT2D eigenvalue weighted by atomic mass is 10.2. The Labute approximate surface area is 116 Å². The van der Waals surface area contributed by atoms with Crippen LogP contribution in [0.15, 0.2) is 50.2 Å². The minimum Gasteiger partial charge on any atom is -0.461 e. The molecule has 98 valence electrons. The number of aromatic nitrogens is 3. The Hall–Kier alpha value is -2.60. The van der Waals surface area contributed by atoms with Gasteiger partial charge in [0.1, 0.15) is 5.58 Å². The molecule has 0 atom stereocenters. The van der Waals surface area contributed by atoms with Gasteiger partial charge in [-0.3, -0.25) is 0 Å². The van der Waals surface area contributed by atoms with Crippen LogP contribution < -0.4 is 5.76 Å². The minimum atomic E-state index is -0.611. The van der Waals surface area contributed by atoms with Crippen molar-refractivity contribution >= 4 is 28.2 Å². The van der Waals surface area contributed by atoms with Crippen molar-refractivity contribution in [1.29, 1.82) is 0 Å². The quantitative estimate of drug-likeness (QED) is 0.538. The van der Waals surface area contributed by atoms with Crippen LogP contribution in [0.4, 0.5) is 0 Å². The maximum atomic E-state index is 11.9. The molecule has 0 aliphatic carbocycles. The summed E-state index contributed by atoms with van der Waals surface area (Å²) in [6.07, 6.45) is 1.51. The lowest BCUT2D eigenvalue weighted by Gasteiger charge is -1.97. The van der Waals surface area contributed by atoms with E-state index in [1.54, 1.807) is 30.3 Å². The van der Waals surface area contributed by atoms with Crippen LogP contribution >= 0.6 is 11.6 Å². The van der Waals surface area contributed by atoms with Gasteiger partial charge in [0, 0.05) is 5.02 Å². The minimum absolute atomic E-state index is 0.315. The third kappa shape index (κ3) is 1.55. The van der Waals surface area contributed by atoms with Crippen molar-refractivity contribution < 1.29 is 8.83 Å². The molecule has 0 bridgehead atoms. The lowest BCUT2D eigenvalue weighted by Crippen LogP contribution is -2.12. The number of furan rings is 1. The van der Waals surface area contributed by atoms with Gasteiger partial charge in [-0.05, 0) is 30.3 Å². The van der Waals surface area contributed by atoms with Crippen molar-refractivity contribution in [2.45, 2.75) is 0 Å². The van der Waals surface area contributed by atoms with Crippen LogP contribution in [0.1, 0.15) is 0 Å². The molecule has 0 radical (unpaired) electrons. The second-order valence-corrected chi connectivity index (χ2v) is 4.59. The average Bonchev–Trinajstić information content (AvgIpc) is 3.08. The molecule has 0 fully saturated rings. The van der Waals surface area contributed by atoms with E-state index < -0.39 is 5.76 Å². The van der Waals surface area contributed by atoms with Gasteiger partial charge < -0.3 is 8.83 Å². The number of halogens is 1. The Morgan fingerprint density at radius 3 is 2.95 bits per heavy atom. The number of benzene rings is 1. The molecule has 20 heavy (non-hydrogen) atoms. The zero-order chi connectivity index (χ0) is 13.7. The molecule has 0 saturated carbocycles. The Balaban J connectivity index is 2.15. The summed E-state index contributed by atoms with van der Waals surface area (Å²) in [5.74, 6) is 0.179. The van der Waals surface area contributed by atoms with Crippen LogP contribution in [-0.4, -0.2) is 14.6 Å². The van der Waals surface area contributed by atoms with Crippen LogP contribution in [-0.2, 0) is 0 Å². The van der Waals surface area contributed by atoms with Gasteiger partial charge in [0.2, 0.25) is 5.82 Å². The first-order chi connectivity index (χ1) is 9.72. The Bertz CT molecular complexity index is 985. The van der Waals surface area contributed by atoms with Crippen molar-refractivity contribution in [2.75, 3.05) is 0 Å². The molecule has 1 aromatic carbocycles. The van der Waals surface area contributed by atoms with E-state index in [0.717, 1.165) is 4.52 Å². The van der Waals surface area contributed by atoms with Crippen molar-refractivity contribution in [2.24, 2.45) is 0 Å². The zero-order valence-electron chi connectivity index (χ0n) is 9.91. The number of hydrogen-bond donors (Lipinski definition) is 0. The highest BCUT2D eigenvalue weighted by Crippen LogP contribution is 2.23. The van der Waals surface area contributed by atoms with Crippen LogP contribution in [0.2, 0.25) is 5.02 Å². The van der Waals surface area contributed by atoms with E-state index in [2.05, 4.69) is 10.1 Å². The SMILES string of the molecule is O=c1oc2ccc(Cl)cc2c2nc(-c3ccco3)nn12. The fourth-order valence-electron chi connectivity index (χ4n) is 2.03. The van der Waals surface area contributed by atoms with Crippen LogP contribution in [0.5, 0.6) is 0 Å². The molecule has 4 rings (SSSR count). The Kier molecular flexibility index (Phi) is 2.22. The fraction of sp³-hybridized carbons (Fsp3) is 0. The van der Waals surface area contributed by atoms with Gasteiger partial charge in [0.25, 0.3) is 0 Å². The number of fused-ring (bicyclic) bond motifs is 3. The van der Waals surface area contributed by atoms with Gasteiger partial charge in [-0.25, -0.2) is 9.78 Å². The summed E-state index contributed by atoms with van der Waals surface area (Å²) < 4.78 is 11.5. The predicted molar refractivity (Wildman–Crippen MR) is 71.7 cm³/mol. The maximum absolute atomic E-state index is 11.9. The van der Waals surface area contributed by atoms with E-state index >= 15 is 0 Å². The normalized spacial score (nSPS) is 11.4. The molecule has 6 nitrogen and oxygen atoms in total. The summed E-state index contributed by atoms with van der Waals surface area (Å²) in [5, 5.41) is 5.23. The first-order valence-electron chi connectivity index (χ1n) is 5.75. The highest BCUT2D eigenvalue weighted by molar-refractivity contribution is 6.31. The molecule has 0 unspecified atom stereocenters. The van der Waals surface area contributed by atoms with Gasteiger partial charge >= 0.3 is 5.76 Å². The number of nitrogens with zero attached hydrogens (tertiary/aromatic N) is 3. The zero-order valence-corrected chi connectivity index (χ0v) is 10.7. The first kappa shape index (κ1) is 11.2. The van der Waals surface area contributed by atoms with Crippen molar-refractivity contribution in [3.63, 3.8) is 0 Å². The van der Waals surface area contributed by atoms with E-state index in [9.17, 15) is 4.79 Å². The van der Waals surface area contributed by atoms with E-state index in [4.69, 9.17) is 20.4 Å². The van der Waals surface area contributed by atoms with E-state index in [1.165, 1.54) is 6.26 Å². The maximum Gasteiger partial charge on any atom is 0.442 e. The largest absolute Gasteiger partial charge is 0.461 e. The molecular weight excluding hydrogens is 282 g/mol. The number of rotatable bonds is 1. The van der Waals surface area contributed by atoms with E-state index in [-0.39, 0.29) is 0 Å². The average molecular weight is 288 g/mol. The Morgan fingerprint density at radius 1 is 1.25 bits per heavy atom. The molecule has 0 aliphatic heterocycles. The molecule has 7 heteroatoms. The molecule has 0 amide bonds.